The van der Waals surface area contributed by atoms with Crippen LogP contribution in [0.1, 0.15) is 52.4 Å². The van der Waals surface area contributed by atoms with Gasteiger partial charge in [0.05, 0.1) is 5.41 Å². The van der Waals surface area contributed by atoms with E-state index < -0.39 is 11.4 Å². The molecule has 2 amide bonds. The van der Waals surface area contributed by atoms with Crippen molar-refractivity contribution in [3.8, 4) is 0 Å². The lowest BCUT2D eigenvalue weighted by Crippen LogP contribution is -2.49. The number of hydrogen-bond donors (Lipinski definition) is 2. The van der Waals surface area contributed by atoms with Gasteiger partial charge in [-0.25, -0.2) is 4.79 Å². The lowest BCUT2D eigenvalue weighted by atomic mass is 9.80. The Morgan fingerprint density at radius 3 is 2.25 bits per heavy atom. The number of nitrogens with one attached hydrogen (secondary N) is 1. The van der Waals surface area contributed by atoms with Gasteiger partial charge in [0.1, 0.15) is 0 Å². The molecule has 5 heteroatoms. The van der Waals surface area contributed by atoms with Crippen molar-refractivity contribution in [2.24, 2.45) is 10.8 Å². The van der Waals surface area contributed by atoms with E-state index in [1.54, 1.807) is 11.8 Å². The number of rotatable bonds is 5. The summed E-state index contributed by atoms with van der Waals surface area (Å²) in [4.78, 5) is 25.1. The maximum Gasteiger partial charge on any atom is 0.317 e. The van der Waals surface area contributed by atoms with Crippen LogP contribution in [0.2, 0.25) is 0 Å². The SMILES string of the molecule is CCCC1(CNC(=O)N2CCC(C)(C(=O)O)CC2)CC1. The third-order valence-electron chi connectivity index (χ3n) is 5.02. The first-order chi connectivity index (χ1) is 9.41. The van der Waals surface area contributed by atoms with Gasteiger partial charge in [0, 0.05) is 19.6 Å². The van der Waals surface area contributed by atoms with Gasteiger partial charge in [-0.15, -0.1) is 0 Å². The van der Waals surface area contributed by atoms with Crippen molar-refractivity contribution in [3.05, 3.63) is 0 Å². The van der Waals surface area contributed by atoms with Crippen molar-refractivity contribution in [1.29, 1.82) is 0 Å². The number of likely N-dealkylation sites (tertiary alicyclic amines) is 1. The molecule has 114 valence electrons. The zero-order valence-electron chi connectivity index (χ0n) is 12.6. The van der Waals surface area contributed by atoms with Gasteiger partial charge in [-0.1, -0.05) is 13.3 Å². The monoisotopic (exact) mass is 282 g/mol. The standard InChI is InChI=1S/C15H26N2O3/c1-3-4-15(5-6-15)11-16-13(20)17-9-7-14(2,8-10-17)12(18)19/h3-11H2,1-2H3,(H,16,20)(H,18,19). The predicted molar refractivity (Wildman–Crippen MR) is 76.5 cm³/mol. The number of aliphatic carboxylic acids is 1. The van der Waals surface area contributed by atoms with Gasteiger partial charge < -0.3 is 15.3 Å². The third kappa shape index (κ3) is 3.25. The van der Waals surface area contributed by atoms with Crippen LogP contribution < -0.4 is 5.32 Å². The smallest absolute Gasteiger partial charge is 0.317 e. The maximum atomic E-state index is 12.1. The Morgan fingerprint density at radius 2 is 1.80 bits per heavy atom. The lowest BCUT2D eigenvalue weighted by Gasteiger charge is -2.36. The molecule has 1 saturated carbocycles. The molecule has 1 aliphatic carbocycles. The zero-order chi connectivity index (χ0) is 14.8. The minimum Gasteiger partial charge on any atom is -0.481 e. The van der Waals surface area contributed by atoms with Gasteiger partial charge in [-0.3, -0.25) is 4.79 Å². The average Bonchev–Trinajstić information content (AvgIpc) is 3.17. The zero-order valence-corrected chi connectivity index (χ0v) is 12.6. The fourth-order valence-corrected chi connectivity index (χ4v) is 3.01. The minimum absolute atomic E-state index is 0.0279. The maximum absolute atomic E-state index is 12.1. The van der Waals surface area contributed by atoms with Crippen molar-refractivity contribution in [3.63, 3.8) is 0 Å². The molecule has 0 unspecified atom stereocenters. The summed E-state index contributed by atoms with van der Waals surface area (Å²) in [5, 5.41) is 12.2. The highest BCUT2D eigenvalue weighted by Crippen LogP contribution is 2.48. The Kier molecular flexibility index (Phi) is 4.25. The number of piperidine rings is 1. The highest BCUT2D eigenvalue weighted by atomic mass is 16.4. The summed E-state index contributed by atoms with van der Waals surface area (Å²) >= 11 is 0. The van der Waals surface area contributed by atoms with Crippen molar-refractivity contribution < 1.29 is 14.7 Å². The highest BCUT2D eigenvalue weighted by molar-refractivity contribution is 5.77. The van der Waals surface area contributed by atoms with E-state index in [0.29, 0.717) is 31.3 Å². The molecule has 2 N–H and O–H groups in total. The molecule has 2 fully saturated rings. The Morgan fingerprint density at radius 1 is 1.20 bits per heavy atom. The minimum atomic E-state index is -0.752. The van der Waals surface area contributed by atoms with Crippen LogP contribution in [-0.4, -0.2) is 41.6 Å². The van der Waals surface area contributed by atoms with Gasteiger partial charge in [-0.2, -0.15) is 0 Å². The number of carbonyl (C=O) groups is 2. The molecule has 2 aliphatic rings. The van der Waals surface area contributed by atoms with Crippen molar-refractivity contribution >= 4 is 12.0 Å². The summed E-state index contributed by atoms with van der Waals surface area (Å²) < 4.78 is 0. The van der Waals surface area contributed by atoms with E-state index in [2.05, 4.69) is 12.2 Å². The van der Waals surface area contributed by atoms with Crippen LogP contribution in [0.25, 0.3) is 0 Å². The average molecular weight is 282 g/mol. The first-order valence-corrected chi connectivity index (χ1v) is 7.67. The van der Waals surface area contributed by atoms with Crippen molar-refractivity contribution in [1.82, 2.24) is 10.2 Å². The van der Waals surface area contributed by atoms with E-state index in [4.69, 9.17) is 0 Å². The van der Waals surface area contributed by atoms with Crippen LogP contribution in [0.4, 0.5) is 4.79 Å². The first kappa shape index (κ1) is 15.1. The lowest BCUT2D eigenvalue weighted by molar-refractivity contribution is -0.150. The van der Waals surface area contributed by atoms with Gasteiger partial charge in [-0.05, 0) is 44.4 Å². The molecule has 5 nitrogen and oxygen atoms in total. The largest absolute Gasteiger partial charge is 0.481 e. The second kappa shape index (κ2) is 5.62. The van der Waals surface area contributed by atoms with Gasteiger partial charge in [0.25, 0.3) is 0 Å². The first-order valence-electron chi connectivity index (χ1n) is 7.67. The molecule has 0 radical (unpaired) electrons. The van der Waals surface area contributed by atoms with Gasteiger partial charge in [0.2, 0.25) is 0 Å². The molecule has 0 aromatic rings. The summed E-state index contributed by atoms with van der Waals surface area (Å²) in [6, 6.07) is -0.0279. The number of nitrogens with zero attached hydrogens (tertiary/aromatic N) is 1. The van der Waals surface area contributed by atoms with Crippen molar-refractivity contribution in [2.75, 3.05) is 19.6 Å². The van der Waals surface area contributed by atoms with E-state index in [-0.39, 0.29) is 6.03 Å². The second-order valence-corrected chi connectivity index (χ2v) is 6.76. The van der Waals surface area contributed by atoms with Crippen LogP contribution in [0, 0.1) is 10.8 Å². The van der Waals surface area contributed by atoms with Gasteiger partial charge >= 0.3 is 12.0 Å². The quantitative estimate of drug-likeness (QED) is 0.814. The normalized spacial score (nSPS) is 23.2. The Hall–Kier alpha value is -1.26. The fraction of sp³-hybridized carbons (Fsp3) is 0.867. The Labute approximate surface area is 120 Å². The van der Waals surface area contributed by atoms with Crippen LogP contribution in [-0.2, 0) is 4.79 Å². The molecule has 2 rings (SSSR count). The number of amides is 2. The molecule has 1 heterocycles. The highest BCUT2D eigenvalue weighted by Gasteiger charge is 2.42. The number of carbonyl (C=O) groups excluding carboxylic acids is 1. The molecule has 1 aliphatic heterocycles. The predicted octanol–water partition coefficient (Wildman–Crippen LogP) is 2.46. The molecular weight excluding hydrogens is 256 g/mol. The third-order valence-corrected chi connectivity index (χ3v) is 5.02. The molecular formula is C15H26N2O3. The summed E-state index contributed by atoms with van der Waals surface area (Å²) in [6.45, 7) is 5.79. The van der Waals surface area contributed by atoms with Crippen LogP contribution in [0.3, 0.4) is 0 Å². The molecule has 0 aromatic heterocycles. The van der Waals surface area contributed by atoms with E-state index in [9.17, 15) is 14.7 Å². The summed E-state index contributed by atoms with van der Waals surface area (Å²) in [5.41, 5.74) is -0.313. The summed E-state index contributed by atoms with van der Waals surface area (Å²) in [5.74, 6) is -0.752. The number of carboxylic acids is 1. The number of urea groups is 1. The second-order valence-electron chi connectivity index (χ2n) is 6.76. The van der Waals surface area contributed by atoms with E-state index >= 15 is 0 Å². The number of hydrogen-bond acceptors (Lipinski definition) is 2. The van der Waals surface area contributed by atoms with E-state index in [1.165, 1.54) is 19.3 Å². The van der Waals surface area contributed by atoms with Gasteiger partial charge in [0.15, 0.2) is 0 Å². The number of carboxylic acid groups (broad SMARTS) is 1. The Bertz CT molecular complexity index is 383. The van der Waals surface area contributed by atoms with Crippen molar-refractivity contribution in [2.45, 2.75) is 52.4 Å². The molecule has 0 bridgehead atoms. The summed E-state index contributed by atoms with van der Waals surface area (Å²) in [7, 11) is 0. The molecule has 20 heavy (non-hydrogen) atoms. The van der Waals surface area contributed by atoms with E-state index in [1.807, 2.05) is 0 Å². The van der Waals surface area contributed by atoms with Crippen LogP contribution in [0.15, 0.2) is 0 Å². The topological polar surface area (TPSA) is 69.6 Å². The fourth-order valence-electron chi connectivity index (χ4n) is 3.01. The molecule has 0 spiro atoms. The summed E-state index contributed by atoms with van der Waals surface area (Å²) in [6.07, 6.45) is 5.86. The molecule has 0 atom stereocenters. The van der Waals surface area contributed by atoms with E-state index in [0.717, 1.165) is 13.0 Å². The molecule has 1 saturated heterocycles. The van der Waals surface area contributed by atoms with Crippen LogP contribution in [0.5, 0.6) is 0 Å². The Balaban J connectivity index is 1.76. The molecule has 0 aromatic carbocycles. The van der Waals surface area contributed by atoms with Crippen LogP contribution >= 0.6 is 0 Å².